The Morgan fingerprint density at radius 1 is 0.675 bits per heavy atom. The van der Waals surface area contributed by atoms with E-state index in [1.807, 2.05) is 6.08 Å². The molecule has 0 amide bonds. The van der Waals surface area contributed by atoms with Crippen molar-refractivity contribution in [2.75, 3.05) is 13.2 Å². The maximum atomic E-state index is 12.2. The van der Waals surface area contributed by atoms with Crippen LogP contribution in [0.3, 0.4) is 0 Å². The molecule has 0 rings (SSSR count). The monoisotopic (exact) mass is 590 g/mol. The Labute approximate surface area is 244 Å². The van der Waals surface area contributed by atoms with Crippen molar-refractivity contribution in [3.63, 3.8) is 0 Å². The first-order valence-corrected chi connectivity index (χ1v) is 17.5. The molecule has 0 fully saturated rings. The highest BCUT2D eigenvalue weighted by molar-refractivity contribution is 7.46. The second kappa shape index (κ2) is 27.9. The Kier molecular flexibility index (Phi) is 27.1. The number of allylic oxidation sites excluding steroid dienone is 1. The second-order valence-corrected chi connectivity index (χ2v) is 12.1. The van der Waals surface area contributed by atoms with Gasteiger partial charge < -0.3 is 19.3 Å². The van der Waals surface area contributed by atoms with Crippen LogP contribution in [0.5, 0.6) is 0 Å². The van der Waals surface area contributed by atoms with Gasteiger partial charge in [-0.3, -0.25) is 14.1 Å². The molecule has 0 aromatic heterocycles. The standard InChI is InChI=1S/C31H59O8P/c1-3-5-7-9-11-13-14-15-16-18-19-21-23-25-30(32)37-27-29(28-38-40(34,35)36)39-31(33)26-24-22-20-17-12-10-8-6-4-2/h4,29H,2-3,5-28H2,1H3,(H2,34,35,36)/t29-/m1/s1. The lowest BCUT2D eigenvalue weighted by Gasteiger charge is -2.18. The van der Waals surface area contributed by atoms with Crippen LogP contribution in [-0.2, 0) is 28.2 Å². The Balaban J connectivity index is 3.99. The van der Waals surface area contributed by atoms with Crippen LogP contribution in [0.15, 0.2) is 12.7 Å². The van der Waals surface area contributed by atoms with Crippen LogP contribution in [0.25, 0.3) is 0 Å². The van der Waals surface area contributed by atoms with Crippen LogP contribution in [-0.4, -0.2) is 41.0 Å². The number of esters is 2. The molecule has 8 nitrogen and oxygen atoms in total. The van der Waals surface area contributed by atoms with Gasteiger partial charge in [0, 0.05) is 12.8 Å². The topological polar surface area (TPSA) is 119 Å². The molecule has 1 atom stereocenters. The summed E-state index contributed by atoms with van der Waals surface area (Å²) in [5.41, 5.74) is 0. The molecule has 0 unspecified atom stereocenters. The van der Waals surface area contributed by atoms with Crippen LogP contribution in [0, 0.1) is 0 Å². The Morgan fingerprint density at radius 3 is 1.55 bits per heavy atom. The van der Waals surface area contributed by atoms with Crippen LogP contribution < -0.4 is 0 Å². The number of phosphoric acid groups is 1. The van der Waals surface area contributed by atoms with E-state index in [1.165, 1.54) is 77.0 Å². The summed E-state index contributed by atoms with van der Waals surface area (Å²) in [5.74, 6) is -0.897. The van der Waals surface area contributed by atoms with Crippen molar-refractivity contribution in [1.82, 2.24) is 0 Å². The molecule has 0 aromatic carbocycles. The van der Waals surface area contributed by atoms with E-state index >= 15 is 0 Å². The molecule has 0 radical (unpaired) electrons. The highest BCUT2D eigenvalue weighted by Crippen LogP contribution is 2.35. The van der Waals surface area contributed by atoms with Crippen LogP contribution in [0.2, 0.25) is 0 Å². The van der Waals surface area contributed by atoms with Gasteiger partial charge in [-0.2, -0.15) is 0 Å². The molecule has 0 saturated carbocycles. The molecule has 9 heteroatoms. The van der Waals surface area contributed by atoms with Gasteiger partial charge in [0.15, 0.2) is 6.10 Å². The van der Waals surface area contributed by atoms with Crippen molar-refractivity contribution in [2.24, 2.45) is 0 Å². The number of carbonyl (C=O) groups excluding carboxylic acids is 2. The maximum absolute atomic E-state index is 12.2. The molecule has 40 heavy (non-hydrogen) atoms. The summed E-state index contributed by atoms with van der Waals surface area (Å²) in [6, 6.07) is 0. The molecule has 0 aliphatic heterocycles. The van der Waals surface area contributed by atoms with Crippen molar-refractivity contribution in [3.05, 3.63) is 12.7 Å². The molecule has 236 valence electrons. The third-order valence-corrected chi connectivity index (χ3v) is 7.42. The summed E-state index contributed by atoms with van der Waals surface area (Å²) < 4.78 is 26.1. The minimum atomic E-state index is -4.74. The average Bonchev–Trinajstić information content (AvgIpc) is 2.91. The quantitative estimate of drug-likeness (QED) is 0.0369. The summed E-state index contributed by atoms with van der Waals surface area (Å²) >= 11 is 0. The number of hydrogen-bond acceptors (Lipinski definition) is 6. The highest BCUT2D eigenvalue weighted by Gasteiger charge is 2.22. The van der Waals surface area contributed by atoms with E-state index in [1.54, 1.807) is 0 Å². The van der Waals surface area contributed by atoms with Crippen molar-refractivity contribution in [3.8, 4) is 0 Å². The fraction of sp³-hybridized carbons (Fsp3) is 0.871. The van der Waals surface area contributed by atoms with Crippen molar-refractivity contribution >= 4 is 19.8 Å². The van der Waals surface area contributed by atoms with Crippen molar-refractivity contribution in [2.45, 2.75) is 161 Å². The predicted octanol–water partition coefficient (Wildman–Crippen LogP) is 8.73. The molecule has 0 heterocycles. The van der Waals surface area contributed by atoms with E-state index in [2.05, 4.69) is 18.0 Å². The third-order valence-electron chi connectivity index (χ3n) is 6.93. The summed E-state index contributed by atoms with van der Waals surface area (Å²) in [5, 5.41) is 0. The van der Waals surface area contributed by atoms with Gasteiger partial charge in [0.05, 0.1) is 6.61 Å². The number of phosphoric ester groups is 1. The highest BCUT2D eigenvalue weighted by atomic mass is 31.2. The van der Waals surface area contributed by atoms with E-state index in [-0.39, 0.29) is 19.4 Å². The normalized spacial score (nSPS) is 12.3. The lowest BCUT2D eigenvalue weighted by atomic mass is 10.0. The predicted molar refractivity (Wildman–Crippen MR) is 161 cm³/mol. The minimum Gasteiger partial charge on any atom is -0.462 e. The first kappa shape index (κ1) is 38.8. The number of carbonyl (C=O) groups is 2. The van der Waals surface area contributed by atoms with Gasteiger partial charge in [-0.25, -0.2) is 4.57 Å². The summed E-state index contributed by atoms with van der Waals surface area (Å²) in [6.45, 7) is 5.14. The maximum Gasteiger partial charge on any atom is 0.469 e. The van der Waals surface area contributed by atoms with Gasteiger partial charge in [-0.15, -0.1) is 6.58 Å². The Morgan fingerprint density at radius 2 is 1.10 bits per heavy atom. The Bertz CT molecular complexity index is 664. The van der Waals surface area contributed by atoms with Crippen LogP contribution >= 0.6 is 7.82 Å². The fourth-order valence-corrected chi connectivity index (χ4v) is 4.89. The minimum absolute atomic E-state index is 0.204. The van der Waals surface area contributed by atoms with E-state index in [9.17, 15) is 14.2 Å². The zero-order chi connectivity index (χ0) is 29.7. The van der Waals surface area contributed by atoms with E-state index in [0.29, 0.717) is 6.42 Å². The van der Waals surface area contributed by atoms with Gasteiger partial charge in [-0.1, -0.05) is 122 Å². The van der Waals surface area contributed by atoms with Crippen LogP contribution in [0.4, 0.5) is 0 Å². The van der Waals surface area contributed by atoms with E-state index in [4.69, 9.17) is 19.3 Å². The summed E-state index contributed by atoms with van der Waals surface area (Å²) in [6.07, 6.45) is 25.5. The van der Waals surface area contributed by atoms with Crippen LogP contribution in [0.1, 0.15) is 155 Å². The molecular weight excluding hydrogens is 531 g/mol. The van der Waals surface area contributed by atoms with E-state index in [0.717, 1.165) is 51.4 Å². The van der Waals surface area contributed by atoms with Gasteiger partial charge in [-0.05, 0) is 25.7 Å². The van der Waals surface area contributed by atoms with Gasteiger partial charge in [0.1, 0.15) is 6.61 Å². The largest absolute Gasteiger partial charge is 0.469 e. The lowest BCUT2D eigenvalue weighted by molar-refractivity contribution is -0.161. The van der Waals surface area contributed by atoms with Gasteiger partial charge in [0.25, 0.3) is 0 Å². The molecule has 2 N–H and O–H groups in total. The lowest BCUT2D eigenvalue weighted by Crippen LogP contribution is -2.29. The SMILES string of the molecule is C=CCCCCCCCCCC(=O)O[C@H](COC(=O)CCCCCCCCCCCCCCC)COP(=O)(O)O. The number of unbranched alkanes of at least 4 members (excludes halogenated alkanes) is 19. The zero-order valence-electron chi connectivity index (χ0n) is 25.3. The number of hydrogen-bond donors (Lipinski definition) is 2. The molecular formula is C31H59O8P. The summed E-state index contributed by atoms with van der Waals surface area (Å²) in [7, 11) is -4.74. The van der Waals surface area contributed by atoms with E-state index < -0.39 is 32.5 Å². The third kappa shape index (κ3) is 29.8. The smallest absolute Gasteiger partial charge is 0.462 e. The summed E-state index contributed by atoms with van der Waals surface area (Å²) in [4.78, 5) is 42.3. The first-order chi connectivity index (χ1) is 19.3. The fourth-order valence-electron chi connectivity index (χ4n) is 4.53. The van der Waals surface area contributed by atoms with Gasteiger partial charge in [0.2, 0.25) is 0 Å². The first-order valence-electron chi connectivity index (χ1n) is 15.9. The number of rotatable bonds is 30. The van der Waals surface area contributed by atoms with Crippen molar-refractivity contribution in [1.29, 1.82) is 0 Å². The molecule has 0 aromatic rings. The molecule has 0 aliphatic rings. The molecule has 0 bridgehead atoms. The van der Waals surface area contributed by atoms with Gasteiger partial charge >= 0.3 is 19.8 Å². The average molecular weight is 591 g/mol. The van der Waals surface area contributed by atoms with Crippen molar-refractivity contribution < 1.29 is 37.9 Å². The molecule has 0 saturated heterocycles. The molecule has 0 spiro atoms. The Hall–Kier alpha value is -1.21. The second-order valence-electron chi connectivity index (χ2n) is 10.9. The number of ether oxygens (including phenoxy) is 2. The molecule has 0 aliphatic carbocycles. The zero-order valence-corrected chi connectivity index (χ0v) is 26.2.